The topological polar surface area (TPSA) is 97.8 Å². The summed E-state index contributed by atoms with van der Waals surface area (Å²) in [6, 6.07) is 35.3. The van der Waals surface area contributed by atoms with Gasteiger partial charge < -0.3 is 24.1 Å². The Hall–Kier alpha value is -5.32. The number of imide groups is 1. The van der Waals surface area contributed by atoms with Crippen LogP contribution in [0.25, 0.3) is 11.1 Å². The molecule has 0 saturated carbocycles. The lowest BCUT2D eigenvalue weighted by Crippen LogP contribution is -2.45. The van der Waals surface area contributed by atoms with Crippen molar-refractivity contribution in [2.75, 3.05) is 27.3 Å². The minimum Gasteiger partial charge on any atom is -0.493 e. The van der Waals surface area contributed by atoms with E-state index in [2.05, 4.69) is 30.0 Å². The van der Waals surface area contributed by atoms with Crippen LogP contribution in [-0.2, 0) is 35.6 Å². The van der Waals surface area contributed by atoms with E-state index >= 15 is 0 Å². The molecule has 4 atom stereocenters. The first-order valence-corrected chi connectivity index (χ1v) is 18.4. The summed E-state index contributed by atoms with van der Waals surface area (Å²) in [6.45, 7) is 4.74. The van der Waals surface area contributed by atoms with Crippen molar-refractivity contribution < 1.29 is 33.6 Å². The zero-order valence-corrected chi connectivity index (χ0v) is 30.7. The molecule has 0 aliphatic carbocycles. The number of hydrogen-bond donors (Lipinski definition) is 1. The van der Waals surface area contributed by atoms with Crippen molar-refractivity contribution in [1.82, 2.24) is 9.80 Å². The van der Waals surface area contributed by atoms with E-state index < -0.39 is 6.29 Å². The van der Waals surface area contributed by atoms with Gasteiger partial charge in [0.05, 0.1) is 50.7 Å². The molecule has 1 saturated heterocycles. The fraction of sp³-hybridized carbons (Fsp3) is 0.289. The van der Waals surface area contributed by atoms with Crippen LogP contribution >= 0.6 is 0 Å². The molecule has 4 unspecified atom stereocenters. The van der Waals surface area contributed by atoms with Crippen LogP contribution in [0.5, 0.6) is 11.5 Å². The summed E-state index contributed by atoms with van der Waals surface area (Å²) in [5, 5.41) is 9.70. The fourth-order valence-electron chi connectivity index (χ4n) is 7.96. The molecular formula is C45H44N2O7. The maximum absolute atomic E-state index is 13.1. The Morgan fingerprint density at radius 2 is 1.39 bits per heavy atom. The standard InChI is InChI=1S/C45H44N2O7/c1-28-41(26-46-19-18-34-22-39(51-2)40(52-3)23-36(34)25-46)53-45(54-42(28)31-16-14-29(27-48)15-17-31)35-11-7-10-33(21-35)32-9-6-8-30(20-32)24-47-43(49)37-12-4-5-13-38(37)44(47)50/h4-17,20-23,28,41-42,45,48H,18-19,24-27H2,1-3H3. The average molecular weight is 725 g/mol. The Kier molecular flexibility index (Phi) is 10.0. The maximum atomic E-state index is 13.1. The zero-order valence-electron chi connectivity index (χ0n) is 30.7. The lowest BCUT2D eigenvalue weighted by Gasteiger charge is -2.43. The number of nitrogens with zero attached hydrogens (tertiary/aromatic N) is 2. The number of carbonyl (C=O) groups excluding carboxylic acids is 2. The highest BCUT2D eigenvalue weighted by atomic mass is 16.7. The van der Waals surface area contributed by atoms with Crippen LogP contribution in [0.1, 0.15) is 73.4 Å². The van der Waals surface area contributed by atoms with Gasteiger partial charge in [0.2, 0.25) is 0 Å². The van der Waals surface area contributed by atoms with Gasteiger partial charge in [0, 0.05) is 31.1 Å². The second-order valence-corrected chi connectivity index (χ2v) is 14.4. The molecule has 3 heterocycles. The number of rotatable bonds is 10. The monoisotopic (exact) mass is 724 g/mol. The molecule has 1 N–H and O–H groups in total. The number of aliphatic hydroxyl groups is 1. The first-order valence-electron chi connectivity index (χ1n) is 18.4. The van der Waals surface area contributed by atoms with Crippen LogP contribution in [0, 0.1) is 5.92 Å². The van der Waals surface area contributed by atoms with Crippen molar-refractivity contribution in [3.05, 3.63) is 154 Å². The van der Waals surface area contributed by atoms with Crippen molar-refractivity contribution >= 4 is 11.8 Å². The van der Waals surface area contributed by atoms with Crippen LogP contribution in [0.3, 0.4) is 0 Å². The van der Waals surface area contributed by atoms with E-state index in [4.69, 9.17) is 18.9 Å². The average Bonchev–Trinajstić information content (AvgIpc) is 3.45. The molecule has 8 rings (SSSR count). The molecule has 9 heteroatoms. The first-order chi connectivity index (χ1) is 26.3. The number of fused-ring (bicyclic) bond motifs is 2. The maximum Gasteiger partial charge on any atom is 0.261 e. The van der Waals surface area contributed by atoms with Gasteiger partial charge in [-0.25, -0.2) is 0 Å². The molecule has 0 aromatic heterocycles. The van der Waals surface area contributed by atoms with E-state index in [0.717, 1.165) is 70.9 Å². The largest absolute Gasteiger partial charge is 0.493 e. The number of ether oxygens (including phenoxy) is 4. The molecule has 2 amide bonds. The number of aliphatic hydroxyl groups excluding tert-OH is 1. The quantitative estimate of drug-likeness (QED) is 0.148. The fourth-order valence-corrected chi connectivity index (χ4v) is 7.96. The first kappa shape index (κ1) is 35.7. The molecule has 5 aromatic carbocycles. The summed E-state index contributed by atoms with van der Waals surface area (Å²) in [5.41, 5.74) is 8.96. The molecule has 3 aliphatic rings. The van der Waals surface area contributed by atoms with Gasteiger partial charge >= 0.3 is 0 Å². The highest BCUT2D eigenvalue weighted by molar-refractivity contribution is 6.21. The number of hydrogen-bond acceptors (Lipinski definition) is 8. The van der Waals surface area contributed by atoms with Gasteiger partial charge in [-0.3, -0.25) is 19.4 Å². The SMILES string of the molecule is COc1cc2c(cc1OC)CN(CC1OC(c3cccc(-c4cccc(CN5C(=O)c6ccccc6C5=O)c4)c3)OC(c3ccc(CO)cc3)C1C)CC2. The van der Waals surface area contributed by atoms with Crippen molar-refractivity contribution in [1.29, 1.82) is 0 Å². The Morgan fingerprint density at radius 1 is 0.722 bits per heavy atom. The zero-order chi connectivity index (χ0) is 37.3. The van der Waals surface area contributed by atoms with Crippen LogP contribution in [0.15, 0.2) is 109 Å². The molecule has 3 aliphatic heterocycles. The summed E-state index contributed by atoms with van der Waals surface area (Å²) < 4.78 is 24.9. The number of methoxy groups -OCH3 is 2. The summed E-state index contributed by atoms with van der Waals surface area (Å²) in [6.07, 6.45) is -0.109. The lowest BCUT2D eigenvalue weighted by atomic mass is 9.89. The van der Waals surface area contributed by atoms with Crippen molar-refractivity contribution in [2.45, 2.75) is 51.5 Å². The molecule has 276 valence electrons. The Labute approximate surface area is 315 Å². The molecule has 0 bridgehead atoms. The Morgan fingerprint density at radius 3 is 2.07 bits per heavy atom. The second-order valence-electron chi connectivity index (χ2n) is 14.4. The van der Waals surface area contributed by atoms with E-state index in [1.165, 1.54) is 16.0 Å². The predicted molar refractivity (Wildman–Crippen MR) is 204 cm³/mol. The molecule has 0 spiro atoms. The van der Waals surface area contributed by atoms with E-state index in [0.29, 0.717) is 11.1 Å². The van der Waals surface area contributed by atoms with Crippen LogP contribution in [-0.4, -0.2) is 60.1 Å². The van der Waals surface area contributed by atoms with Crippen LogP contribution < -0.4 is 9.47 Å². The molecule has 0 radical (unpaired) electrons. The minimum absolute atomic E-state index is 0.0187. The van der Waals surface area contributed by atoms with E-state index in [1.807, 2.05) is 66.7 Å². The van der Waals surface area contributed by atoms with Gasteiger partial charge in [0.1, 0.15) is 0 Å². The van der Waals surface area contributed by atoms with Crippen LogP contribution in [0.4, 0.5) is 0 Å². The highest BCUT2D eigenvalue weighted by Gasteiger charge is 2.40. The summed E-state index contributed by atoms with van der Waals surface area (Å²) in [7, 11) is 3.33. The van der Waals surface area contributed by atoms with Gasteiger partial charge in [0.25, 0.3) is 11.8 Å². The van der Waals surface area contributed by atoms with Crippen LogP contribution in [0.2, 0.25) is 0 Å². The number of amides is 2. The van der Waals surface area contributed by atoms with Crippen molar-refractivity contribution in [3.8, 4) is 22.6 Å². The molecule has 54 heavy (non-hydrogen) atoms. The summed E-state index contributed by atoms with van der Waals surface area (Å²) >= 11 is 0. The van der Waals surface area contributed by atoms with Gasteiger partial charge in [-0.2, -0.15) is 0 Å². The minimum atomic E-state index is -0.628. The van der Waals surface area contributed by atoms with Gasteiger partial charge in [-0.1, -0.05) is 79.7 Å². The van der Waals surface area contributed by atoms with Crippen molar-refractivity contribution in [2.24, 2.45) is 5.92 Å². The lowest BCUT2D eigenvalue weighted by molar-refractivity contribution is -0.276. The molecular weight excluding hydrogens is 681 g/mol. The second kappa shape index (κ2) is 15.2. The van der Waals surface area contributed by atoms with Gasteiger partial charge in [-0.15, -0.1) is 0 Å². The third-order valence-corrected chi connectivity index (χ3v) is 11.0. The highest BCUT2D eigenvalue weighted by Crippen LogP contribution is 2.43. The summed E-state index contributed by atoms with van der Waals surface area (Å²) in [5.74, 6) is 0.977. The number of benzene rings is 5. The molecule has 1 fully saturated rings. The molecule has 9 nitrogen and oxygen atoms in total. The van der Waals surface area contributed by atoms with E-state index in [-0.39, 0.29) is 43.1 Å². The van der Waals surface area contributed by atoms with Crippen molar-refractivity contribution in [3.63, 3.8) is 0 Å². The van der Waals surface area contributed by atoms with E-state index in [9.17, 15) is 14.7 Å². The smallest absolute Gasteiger partial charge is 0.261 e. The normalized spacial score (nSPS) is 21.1. The predicted octanol–water partition coefficient (Wildman–Crippen LogP) is 7.51. The van der Waals surface area contributed by atoms with Gasteiger partial charge in [0.15, 0.2) is 17.8 Å². The van der Waals surface area contributed by atoms with Gasteiger partial charge in [-0.05, 0) is 81.8 Å². The third-order valence-electron chi connectivity index (χ3n) is 11.0. The molecule has 5 aromatic rings. The number of carbonyl (C=O) groups is 2. The Bertz CT molecular complexity index is 2150. The Balaban J connectivity index is 1.05. The third kappa shape index (κ3) is 6.92. The van der Waals surface area contributed by atoms with E-state index in [1.54, 1.807) is 38.5 Å². The summed E-state index contributed by atoms with van der Waals surface area (Å²) in [4.78, 5) is 29.9.